The molecule has 1 aromatic heterocycles. The molecule has 2 rings (SSSR count). The van der Waals surface area contributed by atoms with Crippen LogP contribution in [0.25, 0.3) is 10.9 Å². The van der Waals surface area contributed by atoms with E-state index in [1.54, 1.807) is 13.1 Å². The first-order valence-corrected chi connectivity index (χ1v) is 7.59. The molecule has 2 N–H and O–H groups in total. The summed E-state index contributed by atoms with van der Waals surface area (Å²) in [6.07, 6.45) is 3.60. The van der Waals surface area contributed by atoms with Crippen LogP contribution >= 0.6 is 0 Å². The second-order valence-corrected chi connectivity index (χ2v) is 5.63. The third kappa shape index (κ3) is 5.09. The number of carboxylic acids is 1. The molecule has 0 fully saturated rings. The van der Waals surface area contributed by atoms with Crippen LogP contribution in [0.4, 0.5) is 0 Å². The molecule has 1 heterocycles. The van der Waals surface area contributed by atoms with Gasteiger partial charge in [-0.1, -0.05) is 38.5 Å². The van der Waals surface area contributed by atoms with Gasteiger partial charge in [0.25, 0.3) is 0 Å². The maximum absolute atomic E-state index is 12.0. The Hall–Kier alpha value is -1.30. The maximum Gasteiger partial charge on any atom is 1.00 e. The molecule has 1 aromatic carbocycles. The van der Waals surface area contributed by atoms with E-state index in [-0.39, 0.29) is 47.8 Å². The molecular formula is C17H21N2NaO3. The Morgan fingerprint density at radius 1 is 1.30 bits per heavy atom. The Morgan fingerprint density at radius 3 is 2.65 bits per heavy atom. The summed E-state index contributed by atoms with van der Waals surface area (Å²) in [5.74, 6) is -1.70. The third-order valence-corrected chi connectivity index (χ3v) is 3.87. The van der Waals surface area contributed by atoms with E-state index in [2.05, 4.69) is 10.3 Å². The summed E-state index contributed by atoms with van der Waals surface area (Å²) in [6.45, 7) is 3.79. The van der Waals surface area contributed by atoms with Gasteiger partial charge in [0.1, 0.15) is 0 Å². The molecule has 0 bridgehead atoms. The van der Waals surface area contributed by atoms with Crippen LogP contribution in [0.5, 0.6) is 0 Å². The number of nitrogens with one attached hydrogen (secondary N) is 2. The summed E-state index contributed by atoms with van der Waals surface area (Å²) >= 11 is 0. The molecule has 0 saturated heterocycles. The van der Waals surface area contributed by atoms with Crippen molar-refractivity contribution >= 4 is 22.8 Å². The molecule has 6 heteroatoms. The van der Waals surface area contributed by atoms with E-state index in [1.807, 2.05) is 31.2 Å². The molecule has 5 nitrogen and oxygen atoms in total. The largest absolute Gasteiger partial charge is 1.00 e. The number of H-pyrrole nitrogens is 1. The predicted molar refractivity (Wildman–Crippen MR) is 83.0 cm³/mol. The van der Waals surface area contributed by atoms with E-state index < -0.39 is 12.0 Å². The molecule has 2 aromatic rings. The fourth-order valence-corrected chi connectivity index (χ4v) is 2.59. The van der Waals surface area contributed by atoms with Gasteiger partial charge in [0.2, 0.25) is 5.91 Å². The minimum Gasteiger partial charge on any atom is -0.548 e. The van der Waals surface area contributed by atoms with Crippen molar-refractivity contribution in [1.82, 2.24) is 10.3 Å². The summed E-state index contributed by atoms with van der Waals surface area (Å²) in [5.41, 5.74) is 1.80. The number of benzene rings is 1. The molecule has 0 saturated carbocycles. The molecule has 2 atom stereocenters. The minimum absolute atomic E-state index is 0. The number of carbonyl (C=O) groups is 2. The number of aromatic nitrogens is 1. The first-order valence-electron chi connectivity index (χ1n) is 7.59. The molecular weight excluding hydrogens is 303 g/mol. The van der Waals surface area contributed by atoms with Crippen LogP contribution in [-0.2, 0) is 16.0 Å². The number of aromatic amines is 1. The van der Waals surface area contributed by atoms with Crippen LogP contribution in [0.1, 0.15) is 32.3 Å². The Labute approximate surface area is 158 Å². The molecule has 1 unspecified atom stereocenters. The Morgan fingerprint density at radius 2 is 2.00 bits per heavy atom. The van der Waals surface area contributed by atoms with E-state index in [0.717, 1.165) is 29.3 Å². The van der Waals surface area contributed by atoms with Crippen molar-refractivity contribution in [2.75, 3.05) is 0 Å². The number of aliphatic carboxylic acids is 1. The van der Waals surface area contributed by atoms with Gasteiger partial charge < -0.3 is 20.2 Å². The molecule has 1 amide bonds. The number of para-hydroxylation sites is 1. The zero-order valence-corrected chi connectivity index (χ0v) is 15.9. The number of rotatable bonds is 7. The van der Waals surface area contributed by atoms with Gasteiger partial charge in [-0.25, -0.2) is 0 Å². The smallest absolute Gasteiger partial charge is 0.548 e. The number of carbonyl (C=O) groups excluding carboxylic acids is 2. The van der Waals surface area contributed by atoms with Crippen molar-refractivity contribution in [1.29, 1.82) is 0 Å². The van der Waals surface area contributed by atoms with E-state index in [4.69, 9.17) is 0 Å². The predicted octanol–water partition coefficient (Wildman–Crippen LogP) is -1.61. The topological polar surface area (TPSA) is 85.0 Å². The van der Waals surface area contributed by atoms with Crippen LogP contribution in [0.15, 0.2) is 30.5 Å². The van der Waals surface area contributed by atoms with Crippen LogP contribution < -0.4 is 40.0 Å². The maximum atomic E-state index is 12.0. The minimum atomic E-state index is -1.26. The fraction of sp³-hybridized carbons (Fsp3) is 0.412. The van der Waals surface area contributed by atoms with Crippen molar-refractivity contribution in [2.45, 2.75) is 39.2 Å². The second-order valence-electron chi connectivity index (χ2n) is 5.63. The van der Waals surface area contributed by atoms with Gasteiger partial charge in [0.05, 0.1) is 12.0 Å². The van der Waals surface area contributed by atoms with E-state index in [0.29, 0.717) is 0 Å². The van der Waals surface area contributed by atoms with E-state index in [1.165, 1.54) is 0 Å². The Kier molecular flexibility index (Phi) is 7.82. The molecule has 0 aliphatic carbocycles. The van der Waals surface area contributed by atoms with Crippen molar-refractivity contribution in [3.05, 3.63) is 36.0 Å². The molecule has 118 valence electrons. The van der Waals surface area contributed by atoms with Gasteiger partial charge in [-0.2, -0.15) is 0 Å². The standard InChI is InChI=1S/C17H22N2O3.Na/c1-3-6-11(2)16(20)19-15(17(21)22)9-12-10-18-14-8-5-4-7-13(12)14;/h4-5,7-8,10-11,15,18H,3,6,9H2,1-2H3,(H,19,20)(H,21,22);/q;+1/p-1/t11?,15-;/m0./s1. The second kappa shape index (κ2) is 9.11. The summed E-state index contributed by atoms with van der Waals surface area (Å²) in [6, 6.07) is 6.64. The van der Waals surface area contributed by atoms with Crippen molar-refractivity contribution in [2.24, 2.45) is 5.92 Å². The summed E-state index contributed by atoms with van der Waals surface area (Å²) in [5, 5.41) is 14.9. The summed E-state index contributed by atoms with van der Waals surface area (Å²) in [7, 11) is 0. The van der Waals surface area contributed by atoms with Crippen LogP contribution in [0.2, 0.25) is 0 Å². The van der Waals surface area contributed by atoms with Crippen molar-refractivity contribution in [3.8, 4) is 0 Å². The van der Waals surface area contributed by atoms with E-state index in [9.17, 15) is 14.7 Å². The van der Waals surface area contributed by atoms with Crippen LogP contribution in [0.3, 0.4) is 0 Å². The van der Waals surface area contributed by atoms with Gasteiger partial charge in [-0.15, -0.1) is 0 Å². The molecule has 0 aliphatic rings. The zero-order valence-electron chi connectivity index (χ0n) is 13.9. The van der Waals surface area contributed by atoms with E-state index >= 15 is 0 Å². The number of carboxylic acid groups (broad SMARTS) is 1. The average molecular weight is 324 g/mol. The zero-order chi connectivity index (χ0) is 16.1. The monoisotopic (exact) mass is 324 g/mol. The number of amides is 1. The van der Waals surface area contributed by atoms with Gasteiger partial charge in [-0.05, 0) is 18.1 Å². The quantitative estimate of drug-likeness (QED) is 0.601. The number of hydrogen-bond donors (Lipinski definition) is 2. The fourth-order valence-electron chi connectivity index (χ4n) is 2.59. The van der Waals surface area contributed by atoms with Crippen LogP contribution in [0, 0.1) is 5.92 Å². The average Bonchev–Trinajstić information content (AvgIpc) is 2.90. The van der Waals surface area contributed by atoms with Gasteiger partial charge in [0, 0.05) is 29.4 Å². The molecule has 0 aliphatic heterocycles. The SMILES string of the molecule is CCCC(C)C(=O)N[C@@H](Cc1c[nH]c2ccccc12)C(=O)[O-].[Na+]. The van der Waals surface area contributed by atoms with Gasteiger partial charge >= 0.3 is 29.6 Å². The van der Waals surface area contributed by atoms with Crippen molar-refractivity contribution < 1.29 is 44.3 Å². The summed E-state index contributed by atoms with van der Waals surface area (Å²) < 4.78 is 0. The van der Waals surface area contributed by atoms with Crippen molar-refractivity contribution in [3.63, 3.8) is 0 Å². The van der Waals surface area contributed by atoms with Gasteiger partial charge in [0.15, 0.2) is 0 Å². The molecule has 0 spiro atoms. The summed E-state index contributed by atoms with van der Waals surface area (Å²) in [4.78, 5) is 26.5. The first-order chi connectivity index (χ1) is 10.5. The third-order valence-electron chi connectivity index (χ3n) is 3.87. The number of hydrogen-bond acceptors (Lipinski definition) is 3. The Bertz CT molecular complexity index is 669. The Balaban J connectivity index is 0.00000264. The normalized spacial score (nSPS) is 13.1. The van der Waals surface area contributed by atoms with Crippen LogP contribution in [-0.4, -0.2) is 22.9 Å². The van der Waals surface area contributed by atoms with Gasteiger partial charge in [-0.3, -0.25) is 4.79 Å². The molecule has 23 heavy (non-hydrogen) atoms. The first kappa shape index (κ1) is 19.7. The number of fused-ring (bicyclic) bond motifs is 1. The molecule has 0 radical (unpaired) electrons.